The maximum Gasteiger partial charge on any atom is 0.222 e. The summed E-state index contributed by atoms with van der Waals surface area (Å²) in [6.07, 6.45) is 0. The number of halogens is 2. The SMILES string of the molecule is Cc1nc(Cl)nc([C@H](C#N)c2nc3ccccc3[nH]2)c1Br. The van der Waals surface area contributed by atoms with E-state index in [1.54, 1.807) is 6.92 Å². The molecule has 0 saturated heterocycles. The van der Waals surface area contributed by atoms with E-state index in [0.717, 1.165) is 11.0 Å². The minimum absolute atomic E-state index is 0.113. The molecule has 0 fully saturated rings. The number of fused-ring (bicyclic) bond motifs is 1. The van der Waals surface area contributed by atoms with Crippen molar-refractivity contribution in [3.63, 3.8) is 0 Å². The fourth-order valence-corrected chi connectivity index (χ4v) is 2.72. The van der Waals surface area contributed by atoms with E-state index in [1.807, 2.05) is 24.3 Å². The predicted octanol–water partition coefficient (Wildman–Crippen LogP) is 3.73. The molecule has 7 heteroatoms. The van der Waals surface area contributed by atoms with Crippen LogP contribution in [0.1, 0.15) is 23.1 Å². The molecular formula is C14H9BrClN5. The van der Waals surface area contributed by atoms with Crippen LogP contribution in [0.2, 0.25) is 5.28 Å². The van der Waals surface area contributed by atoms with Gasteiger partial charge >= 0.3 is 0 Å². The Kier molecular flexibility index (Phi) is 3.62. The predicted molar refractivity (Wildman–Crippen MR) is 83.0 cm³/mol. The summed E-state index contributed by atoms with van der Waals surface area (Å²) in [6.45, 7) is 1.80. The molecule has 0 unspecified atom stereocenters. The lowest BCUT2D eigenvalue weighted by atomic mass is 10.1. The summed E-state index contributed by atoms with van der Waals surface area (Å²) in [6, 6.07) is 9.82. The number of aromatic amines is 1. The van der Waals surface area contributed by atoms with Crippen LogP contribution in [0.5, 0.6) is 0 Å². The largest absolute Gasteiger partial charge is 0.341 e. The van der Waals surface area contributed by atoms with Gasteiger partial charge in [-0.2, -0.15) is 5.26 Å². The molecule has 0 amide bonds. The van der Waals surface area contributed by atoms with Crippen molar-refractivity contribution >= 4 is 38.6 Å². The lowest BCUT2D eigenvalue weighted by Gasteiger charge is -2.09. The second kappa shape index (κ2) is 5.43. The molecule has 0 bridgehead atoms. The lowest BCUT2D eigenvalue weighted by Crippen LogP contribution is -2.07. The van der Waals surface area contributed by atoms with Crippen LogP contribution in [0.25, 0.3) is 11.0 Å². The van der Waals surface area contributed by atoms with Gasteiger partial charge in [0, 0.05) is 0 Å². The Morgan fingerprint density at radius 2 is 2.05 bits per heavy atom. The Balaban J connectivity index is 2.17. The number of imidazole rings is 1. The minimum atomic E-state index is -0.647. The fourth-order valence-electron chi connectivity index (χ4n) is 2.10. The molecule has 2 heterocycles. The summed E-state index contributed by atoms with van der Waals surface area (Å²) < 4.78 is 0.666. The van der Waals surface area contributed by atoms with Gasteiger partial charge in [-0.1, -0.05) is 12.1 Å². The number of aromatic nitrogens is 4. The molecule has 3 rings (SSSR count). The van der Waals surface area contributed by atoms with Crippen molar-refractivity contribution in [2.24, 2.45) is 0 Å². The molecule has 5 nitrogen and oxygen atoms in total. The smallest absolute Gasteiger partial charge is 0.222 e. The molecule has 0 aliphatic carbocycles. The van der Waals surface area contributed by atoms with E-state index in [9.17, 15) is 5.26 Å². The first-order valence-corrected chi connectivity index (χ1v) is 7.31. The van der Waals surface area contributed by atoms with Gasteiger partial charge in [0.25, 0.3) is 0 Å². The van der Waals surface area contributed by atoms with Crippen LogP contribution in [-0.4, -0.2) is 19.9 Å². The summed E-state index contributed by atoms with van der Waals surface area (Å²) in [7, 11) is 0. The molecule has 0 aliphatic rings. The number of hydrogen-bond acceptors (Lipinski definition) is 4. The van der Waals surface area contributed by atoms with Gasteiger partial charge in [0.2, 0.25) is 5.28 Å². The molecule has 3 aromatic rings. The van der Waals surface area contributed by atoms with Crippen LogP contribution in [0, 0.1) is 18.3 Å². The zero-order valence-corrected chi connectivity index (χ0v) is 13.3. The second-order valence-corrected chi connectivity index (χ2v) is 5.61. The zero-order valence-electron chi connectivity index (χ0n) is 10.9. The van der Waals surface area contributed by atoms with Crippen molar-refractivity contribution in [3.05, 3.63) is 51.2 Å². The van der Waals surface area contributed by atoms with Crippen molar-refractivity contribution in [3.8, 4) is 6.07 Å². The highest BCUT2D eigenvalue weighted by atomic mass is 79.9. The molecule has 0 spiro atoms. The van der Waals surface area contributed by atoms with Gasteiger partial charge in [-0.3, -0.25) is 0 Å². The number of benzene rings is 1. The van der Waals surface area contributed by atoms with Gasteiger partial charge in [0.1, 0.15) is 11.7 Å². The van der Waals surface area contributed by atoms with Crippen LogP contribution in [0.15, 0.2) is 28.7 Å². The van der Waals surface area contributed by atoms with E-state index in [0.29, 0.717) is 21.7 Å². The third-order valence-corrected chi connectivity index (χ3v) is 4.25. The van der Waals surface area contributed by atoms with E-state index in [2.05, 4.69) is 41.9 Å². The maximum atomic E-state index is 9.53. The molecule has 21 heavy (non-hydrogen) atoms. The van der Waals surface area contributed by atoms with Crippen molar-refractivity contribution in [1.82, 2.24) is 19.9 Å². The zero-order chi connectivity index (χ0) is 15.0. The Morgan fingerprint density at radius 1 is 1.29 bits per heavy atom. The number of nitrogens with zero attached hydrogens (tertiary/aromatic N) is 4. The van der Waals surface area contributed by atoms with Crippen molar-refractivity contribution in [1.29, 1.82) is 5.26 Å². The van der Waals surface area contributed by atoms with Crippen molar-refractivity contribution < 1.29 is 0 Å². The summed E-state index contributed by atoms with van der Waals surface area (Å²) in [5, 5.41) is 9.64. The fraction of sp³-hybridized carbons (Fsp3) is 0.143. The molecule has 1 atom stereocenters. The molecular weight excluding hydrogens is 354 g/mol. The molecule has 1 aromatic carbocycles. The summed E-state index contributed by atoms with van der Waals surface area (Å²) in [4.78, 5) is 15.8. The topological polar surface area (TPSA) is 78.2 Å². The van der Waals surface area contributed by atoms with Gasteiger partial charge in [0.15, 0.2) is 0 Å². The van der Waals surface area contributed by atoms with Crippen LogP contribution < -0.4 is 0 Å². The number of nitrogens with one attached hydrogen (secondary N) is 1. The van der Waals surface area contributed by atoms with Gasteiger partial charge in [-0.25, -0.2) is 15.0 Å². The van der Waals surface area contributed by atoms with Crippen LogP contribution in [-0.2, 0) is 0 Å². The monoisotopic (exact) mass is 361 g/mol. The van der Waals surface area contributed by atoms with E-state index in [1.165, 1.54) is 0 Å². The summed E-state index contributed by atoms with van der Waals surface area (Å²) in [5.41, 5.74) is 2.87. The highest BCUT2D eigenvalue weighted by Crippen LogP contribution is 2.30. The second-order valence-electron chi connectivity index (χ2n) is 4.48. The normalized spacial score (nSPS) is 12.3. The average Bonchev–Trinajstić information content (AvgIpc) is 2.88. The van der Waals surface area contributed by atoms with Gasteiger partial charge < -0.3 is 4.98 Å². The number of rotatable bonds is 2. The van der Waals surface area contributed by atoms with Crippen LogP contribution >= 0.6 is 27.5 Å². The van der Waals surface area contributed by atoms with Crippen molar-refractivity contribution in [2.75, 3.05) is 0 Å². The van der Waals surface area contributed by atoms with Gasteiger partial charge in [-0.15, -0.1) is 0 Å². The number of H-pyrrole nitrogens is 1. The third-order valence-electron chi connectivity index (χ3n) is 3.10. The van der Waals surface area contributed by atoms with Crippen molar-refractivity contribution in [2.45, 2.75) is 12.8 Å². The van der Waals surface area contributed by atoms with Crippen LogP contribution in [0.3, 0.4) is 0 Å². The Bertz CT molecular complexity index is 834. The molecule has 0 aliphatic heterocycles. The first-order chi connectivity index (χ1) is 10.1. The van der Waals surface area contributed by atoms with E-state index in [4.69, 9.17) is 11.6 Å². The molecule has 0 saturated carbocycles. The quantitative estimate of drug-likeness (QED) is 0.705. The van der Waals surface area contributed by atoms with Gasteiger partial charge in [0.05, 0.1) is 33.0 Å². The third kappa shape index (κ3) is 2.50. The Labute approximate surface area is 134 Å². The van der Waals surface area contributed by atoms with E-state index in [-0.39, 0.29) is 5.28 Å². The molecule has 2 aromatic heterocycles. The molecule has 104 valence electrons. The first-order valence-electron chi connectivity index (χ1n) is 6.14. The number of aryl methyl sites for hydroxylation is 1. The van der Waals surface area contributed by atoms with E-state index < -0.39 is 5.92 Å². The maximum absolute atomic E-state index is 9.53. The summed E-state index contributed by atoms with van der Waals surface area (Å²) >= 11 is 9.33. The Hall–Kier alpha value is -1.97. The number of nitriles is 1. The Morgan fingerprint density at radius 3 is 2.76 bits per heavy atom. The highest BCUT2D eigenvalue weighted by Gasteiger charge is 2.23. The summed E-state index contributed by atoms with van der Waals surface area (Å²) in [5.74, 6) is -0.112. The van der Waals surface area contributed by atoms with Crippen LogP contribution in [0.4, 0.5) is 0 Å². The minimum Gasteiger partial charge on any atom is -0.341 e. The number of hydrogen-bond donors (Lipinski definition) is 1. The molecule has 1 N–H and O–H groups in total. The number of para-hydroxylation sites is 2. The highest BCUT2D eigenvalue weighted by molar-refractivity contribution is 9.10. The van der Waals surface area contributed by atoms with E-state index >= 15 is 0 Å². The lowest BCUT2D eigenvalue weighted by molar-refractivity contribution is 0.864. The first kappa shape index (κ1) is 14.0. The standard InChI is InChI=1S/C14H9BrClN5/c1-7-11(15)12(21-14(16)18-7)8(6-17)13-19-9-4-2-3-5-10(9)20-13/h2-5,8H,1H3,(H,19,20)/t8-/m0/s1. The molecule has 0 radical (unpaired) electrons. The van der Waals surface area contributed by atoms with Gasteiger partial charge in [-0.05, 0) is 46.6 Å². The average molecular weight is 363 g/mol.